The van der Waals surface area contributed by atoms with Crippen molar-refractivity contribution in [1.82, 2.24) is 4.90 Å². The summed E-state index contributed by atoms with van der Waals surface area (Å²) in [7, 11) is 0. The third kappa shape index (κ3) is 3.56. The molecule has 0 bridgehead atoms. The van der Waals surface area contributed by atoms with Gasteiger partial charge in [0.2, 0.25) is 0 Å². The van der Waals surface area contributed by atoms with Crippen molar-refractivity contribution in [2.45, 2.75) is 39.2 Å². The summed E-state index contributed by atoms with van der Waals surface area (Å²) in [6.45, 7) is 6.03. The van der Waals surface area contributed by atoms with Gasteiger partial charge in [-0.25, -0.2) is 0 Å². The molecule has 0 aliphatic carbocycles. The number of esters is 1. The Morgan fingerprint density at radius 3 is 3.07 bits per heavy atom. The van der Waals surface area contributed by atoms with Gasteiger partial charge in [0.05, 0.1) is 6.61 Å². The minimum Gasteiger partial charge on any atom is -0.465 e. The summed E-state index contributed by atoms with van der Waals surface area (Å²) in [5.41, 5.74) is 0. The van der Waals surface area contributed by atoms with Gasteiger partial charge < -0.3 is 4.74 Å². The van der Waals surface area contributed by atoms with E-state index in [0.717, 1.165) is 32.4 Å². The van der Waals surface area contributed by atoms with Crippen LogP contribution < -0.4 is 0 Å². The Balaban J connectivity index is 2.40. The molecule has 1 saturated heterocycles. The highest BCUT2D eigenvalue weighted by Crippen LogP contribution is 2.18. The van der Waals surface area contributed by atoms with E-state index < -0.39 is 0 Å². The van der Waals surface area contributed by atoms with Gasteiger partial charge in [-0.15, -0.1) is 11.8 Å². The van der Waals surface area contributed by atoms with Gasteiger partial charge >= 0.3 is 5.97 Å². The van der Waals surface area contributed by atoms with Gasteiger partial charge in [0.25, 0.3) is 0 Å². The molecule has 84 valence electrons. The largest absolute Gasteiger partial charge is 0.465 e. The number of likely N-dealkylation sites (tertiary alicyclic amines) is 1. The van der Waals surface area contributed by atoms with Crippen LogP contribution in [0.1, 0.15) is 33.1 Å². The van der Waals surface area contributed by atoms with Crippen LogP contribution in [0.15, 0.2) is 0 Å². The Labute approximate surface area is 91.8 Å². The fourth-order valence-electron chi connectivity index (χ4n) is 1.92. The smallest absolute Gasteiger partial charge is 0.323 e. The standard InChI is InChI=1S/C12H19NO2/c1-3-5-6-9-13-10-7-8-11(13)12(14)15-4-2/h11H,4,6-10H2,1-2H3. The number of hydrogen-bond acceptors (Lipinski definition) is 3. The molecule has 0 N–H and O–H groups in total. The molecular weight excluding hydrogens is 190 g/mol. The molecule has 0 spiro atoms. The first-order valence-electron chi connectivity index (χ1n) is 5.60. The zero-order valence-electron chi connectivity index (χ0n) is 9.58. The average molecular weight is 209 g/mol. The predicted molar refractivity (Wildman–Crippen MR) is 59.3 cm³/mol. The number of nitrogens with zero attached hydrogens (tertiary/aromatic N) is 1. The van der Waals surface area contributed by atoms with Crippen molar-refractivity contribution in [2.24, 2.45) is 0 Å². The first-order valence-corrected chi connectivity index (χ1v) is 5.60. The van der Waals surface area contributed by atoms with Crippen LogP contribution in [-0.4, -0.2) is 36.6 Å². The van der Waals surface area contributed by atoms with Crippen LogP contribution in [0.25, 0.3) is 0 Å². The van der Waals surface area contributed by atoms with Gasteiger partial charge in [-0.1, -0.05) is 0 Å². The van der Waals surface area contributed by atoms with E-state index in [9.17, 15) is 4.79 Å². The van der Waals surface area contributed by atoms with Crippen molar-refractivity contribution in [3.8, 4) is 11.8 Å². The summed E-state index contributed by atoms with van der Waals surface area (Å²) in [4.78, 5) is 13.8. The second kappa shape index (κ2) is 6.47. The molecule has 1 aliphatic heterocycles. The third-order valence-corrected chi connectivity index (χ3v) is 2.62. The van der Waals surface area contributed by atoms with Crippen LogP contribution in [0.5, 0.6) is 0 Å². The molecule has 1 atom stereocenters. The molecule has 0 radical (unpaired) electrons. The fourth-order valence-corrected chi connectivity index (χ4v) is 1.92. The zero-order valence-corrected chi connectivity index (χ0v) is 9.58. The molecule has 1 unspecified atom stereocenters. The lowest BCUT2D eigenvalue weighted by Gasteiger charge is -2.21. The van der Waals surface area contributed by atoms with Gasteiger partial charge in [0.1, 0.15) is 6.04 Å². The van der Waals surface area contributed by atoms with Crippen molar-refractivity contribution in [3.63, 3.8) is 0 Å². The van der Waals surface area contributed by atoms with E-state index >= 15 is 0 Å². The van der Waals surface area contributed by atoms with Crippen LogP contribution in [0, 0.1) is 11.8 Å². The molecule has 0 aromatic rings. The lowest BCUT2D eigenvalue weighted by atomic mass is 10.2. The Morgan fingerprint density at radius 2 is 2.40 bits per heavy atom. The highest BCUT2D eigenvalue weighted by molar-refractivity contribution is 5.76. The van der Waals surface area contributed by atoms with Crippen LogP contribution >= 0.6 is 0 Å². The van der Waals surface area contributed by atoms with Crippen molar-refractivity contribution in [2.75, 3.05) is 19.7 Å². The van der Waals surface area contributed by atoms with Crippen molar-refractivity contribution in [3.05, 3.63) is 0 Å². The molecule has 0 amide bonds. The van der Waals surface area contributed by atoms with Gasteiger partial charge in [0, 0.05) is 13.0 Å². The second-order valence-corrected chi connectivity index (χ2v) is 3.62. The molecule has 1 rings (SSSR count). The van der Waals surface area contributed by atoms with Crippen molar-refractivity contribution in [1.29, 1.82) is 0 Å². The van der Waals surface area contributed by atoms with Crippen LogP contribution in [-0.2, 0) is 9.53 Å². The Bertz CT molecular complexity index is 265. The summed E-state index contributed by atoms with van der Waals surface area (Å²) in [5, 5.41) is 0. The monoisotopic (exact) mass is 209 g/mol. The van der Waals surface area contributed by atoms with Gasteiger partial charge in [0.15, 0.2) is 0 Å². The molecule has 1 aliphatic rings. The summed E-state index contributed by atoms with van der Waals surface area (Å²) >= 11 is 0. The lowest BCUT2D eigenvalue weighted by molar-refractivity contribution is -0.148. The maximum atomic E-state index is 11.6. The Morgan fingerprint density at radius 1 is 1.60 bits per heavy atom. The number of ether oxygens (including phenoxy) is 1. The summed E-state index contributed by atoms with van der Waals surface area (Å²) in [6, 6.07) is -0.0244. The minimum atomic E-state index is -0.0699. The molecule has 3 nitrogen and oxygen atoms in total. The van der Waals surface area contributed by atoms with E-state index in [4.69, 9.17) is 4.74 Å². The summed E-state index contributed by atoms with van der Waals surface area (Å²) in [5.74, 6) is 5.82. The van der Waals surface area contributed by atoms with E-state index in [1.54, 1.807) is 0 Å². The summed E-state index contributed by atoms with van der Waals surface area (Å²) in [6.07, 6.45) is 2.85. The highest BCUT2D eigenvalue weighted by atomic mass is 16.5. The fraction of sp³-hybridized carbons (Fsp3) is 0.750. The van der Waals surface area contributed by atoms with Gasteiger partial charge in [-0.3, -0.25) is 9.69 Å². The van der Waals surface area contributed by atoms with E-state index in [1.807, 2.05) is 13.8 Å². The van der Waals surface area contributed by atoms with Crippen molar-refractivity contribution < 1.29 is 9.53 Å². The molecular formula is C12H19NO2. The van der Waals surface area contributed by atoms with E-state index in [2.05, 4.69) is 16.7 Å². The Hall–Kier alpha value is -1.01. The number of rotatable bonds is 4. The topological polar surface area (TPSA) is 29.5 Å². The van der Waals surface area contributed by atoms with Gasteiger partial charge in [-0.05, 0) is 33.2 Å². The number of carbonyl (C=O) groups excluding carboxylic acids is 1. The van der Waals surface area contributed by atoms with Crippen LogP contribution in [0.2, 0.25) is 0 Å². The molecule has 0 aromatic carbocycles. The zero-order chi connectivity index (χ0) is 11.1. The highest BCUT2D eigenvalue weighted by Gasteiger charge is 2.30. The lowest BCUT2D eigenvalue weighted by Crippen LogP contribution is -2.37. The maximum absolute atomic E-state index is 11.6. The van der Waals surface area contributed by atoms with E-state index in [-0.39, 0.29) is 12.0 Å². The molecule has 0 aromatic heterocycles. The number of hydrogen-bond donors (Lipinski definition) is 0. The minimum absolute atomic E-state index is 0.0244. The molecule has 1 fully saturated rings. The maximum Gasteiger partial charge on any atom is 0.323 e. The molecule has 3 heteroatoms. The normalized spacial score (nSPS) is 20.8. The first-order chi connectivity index (χ1) is 7.29. The number of carbonyl (C=O) groups is 1. The Kier molecular flexibility index (Phi) is 5.20. The molecule has 0 saturated carbocycles. The van der Waals surface area contributed by atoms with Crippen molar-refractivity contribution >= 4 is 5.97 Å². The van der Waals surface area contributed by atoms with E-state index in [1.165, 1.54) is 0 Å². The SMILES string of the molecule is CC#CCCN1CCCC1C(=O)OCC. The predicted octanol–water partition coefficient (Wildman–Crippen LogP) is 1.43. The molecule has 1 heterocycles. The summed E-state index contributed by atoms with van der Waals surface area (Å²) < 4.78 is 5.05. The average Bonchev–Trinajstić information content (AvgIpc) is 2.67. The van der Waals surface area contributed by atoms with Crippen LogP contribution in [0.4, 0.5) is 0 Å². The quantitative estimate of drug-likeness (QED) is 0.518. The third-order valence-electron chi connectivity index (χ3n) is 2.62. The first kappa shape index (κ1) is 12.1. The second-order valence-electron chi connectivity index (χ2n) is 3.62. The van der Waals surface area contributed by atoms with E-state index in [0.29, 0.717) is 6.61 Å². The van der Waals surface area contributed by atoms with Gasteiger partial charge in [-0.2, -0.15) is 0 Å². The molecule has 15 heavy (non-hydrogen) atoms. The van der Waals surface area contributed by atoms with Crippen LogP contribution in [0.3, 0.4) is 0 Å².